The van der Waals surface area contributed by atoms with Crippen LogP contribution < -0.4 is 5.32 Å². The highest BCUT2D eigenvalue weighted by Crippen LogP contribution is 2.30. The Morgan fingerprint density at radius 2 is 1.78 bits per heavy atom. The van der Waals surface area contributed by atoms with Crippen LogP contribution in [0.5, 0.6) is 0 Å². The summed E-state index contributed by atoms with van der Waals surface area (Å²) in [7, 11) is 0. The maximum atomic E-state index is 13.4. The van der Waals surface area contributed by atoms with Gasteiger partial charge in [0.2, 0.25) is 0 Å². The number of nitrogens with one attached hydrogen (secondary N) is 1. The monoisotopic (exact) mass is 366 g/mol. The van der Waals surface area contributed by atoms with E-state index in [1.165, 1.54) is 12.1 Å². The van der Waals surface area contributed by atoms with E-state index in [9.17, 15) is 9.18 Å². The molecular weight excluding hydrogens is 343 g/mol. The molecule has 0 saturated heterocycles. The van der Waals surface area contributed by atoms with Crippen LogP contribution in [-0.4, -0.2) is 24.5 Å². The number of carbonyl (C=O) groups is 1. The Balaban J connectivity index is 2.20. The lowest BCUT2D eigenvalue weighted by Crippen LogP contribution is -2.45. The van der Waals surface area contributed by atoms with Gasteiger partial charge < -0.3 is 10.1 Å². The van der Waals surface area contributed by atoms with Crippen molar-refractivity contribution in [2.24, 2.45) is 10.9 Å². The van der Waals surface area contributed by atoms with Gasteiger partial charge in [-0.3, -0.25) is 0 Å². The minimum atomic E-state index is -0.404. The third-order valence-corrected chi connectivity index (χ3v) is 4.41. The Bertz CT molecular complexity index is 871. The highest BCUT2D eigenvalue weighted by atomic mass is 19.1. The van der Waals surface area contributed by atoms with Crippen LogP contribution in [0.2, 0.25) is 0 Å². The molecule has 27 heavy (non-hydrogen) atoms. The van der Waals surface area contributed by atoms with E-state index in [1.807, 2.05) is 44.2 Å². The highest BCUT2D eigenvalue weighted by Gasteiger charge is 2.33. The average Bonchev–Trinajstić information content (AvgIpc) is 2.68. The molecule has 0 radical (unpaired) electrons. The zero-order chi connectivity index (χ0) is 19.4. The van der Waals surface area contributed by atoms with Crippen molar-refractivity contribution in [3.8, 4) is 0 Å². The van der Waals surface area contributed by atoms with Gasteiger partial charge in [-0.2, -0.15) is 0 Å². The van der Waals surface area contributed by atoms with E-state index < -0.39 is 5.97 Å². The van der Waals surface area contributed by atoms with Gasteiger partial charge in [0.1, 0.15) is 11.7 Å². The van der Waals surface area contributed by atoms with Gasteiger partial charge >= 0.3 is 5.97 Å². The van der Waals surface area contributed by atoms with Crippen molar-refractivity contribution in [2.45, 2.75) is 26.8 Å². The molecule has 0 aliphatic carbocycles. The highest BCUT2D eigenvalue weighted by molar-refractivity contribution is 6.09. The topological polar surface area (TPSA) is 50.7 Å². The molecule has 5 heteroatoms. The lowest BCUT2D eigenvalue weighted by molar-refractivity contribution is -0.138. The second-order valence-corrected chi connectivity index (χ2v) is 6.68. The van der Waals surface area contributed by atoms with Gasteiger partial charge in [-0.05, 0) is 37.1 Å². The number of aliphatic imine (C=N–C) groups is 1. The van der Waals surface area contributed by atoms with Gasteiger partial charge in [-0.25, -0.2) is 14.2 Å². The predicted octanol–water partition coefficient (Wildman–Crippen LogP) is 4.17. The zero-order valence-electron chi connectivity index (χ0n) is 15.7. The number of rotatable bonds is 5. The molecule has 0 bridgehead atoms. The predicted molar refractivity (Wildman–Crippen MR) is 105 cm³/mol. The van der Waals surface area contributed by atoms with Crippen LogP contribution in [0.15, 0.2) is 65.2 Å². The van der Waals surface area contributed by atoms with E-state index in [-0.39, 0.29) is 24.4 Å². The van der Waals surface area contributed by atoms with E-state index in [0.29, 0.717) is 22.7 Å². The fourth-order valence-electron chi connectivity index (χ4n) is 3.08. The first-order valence-electron chi connectivity index (χ1n) is 9.09. The van der Waals surface area contributed by atoms with Crippen molar-refractivity contribution in [3.63, 3.8) is 0 Å². The Morgan fingerprint density at radius 1 is 1.11 bits per heavy atom. The first-order valence-corrected chi connectivity index (χ1v) is 9.09. The van der Waals surface area contributed by atoms with Crippen LogP contribution in [-0.2, 0) is 9.53 Å². The summed E-state index contributed by atoms with van der Waals surface area (Å²) in [6.45, 7) is 6.12. The third-order valence-electron chi connectivity index (χ3n) is 4.41. The Hall–Kier alpha value is -2.95. The lowest BCUT2D eigenvalue weighted by Gasteiger charge is -2.31. The second kappa shape index (κ2) is 8.16. The van der Waals surface area contributed by atoms with E-state index in [0.717, 1.165) is 5.56 Å². The molecule has 2 aromatic rings. The lowest BCUT2D eigenvalue weighted by atomic mass is 9.90. The maximum absolute atomic E-state index is 13.4. The summed E-state index contributed by atoms with van der Waals surface area (Å²) in [6.07, 6.45) is 0. The smallest absolute Gasteiger partial charge is 0.338 e. The Labute approximate surface area is 158 Å². The van der Waals surface area contributed by atoms with Gasteiger partial charge in [0.25, 0.3) is 0 Å². The van der Waals surface area contributed by atoms with Gasteiger partial charge in [0.05, 0.1) is 23.9 Å². The standard InChI is InChI=1S/C22H23FN2O2/c1-4-27-22(26)18-19(14(2)3)24-21(16-8-6-5-7-9-16)25-20(18)15-10-12-17(23)13-11-15/h5-14,19H,4H2,1-3H3,(H,24,25). The molecule has 0 aromatic heterocycles. The molecule has 2 aromatic carbocycles. The van der Waals surface area contributed by atoms with Crippen molar-refractivity contribution in [3.05, 3.63) is 77.1 Å². The summed E-state index contributed by atoms with van der Waals surface area (Å²) in [5, 5.41) is 3.39. The molecule has 1 atom stereocenters. The molecule has 140 valence electrons. The van der Waals surface area contributed by atoms with Gasteiger partial charge in [0.15, 0.2) is 0 Å². The number of hydrogen-bond donors (Lipinski definition) is 1. The van der Waals surface area contributed by atoms with E-state index in [2.05, 4.69) is 5.32 Å². The van der Waals surface area contributed by atoms with E-state index >= 15 is 0 Å². The quantitative estimate of drug-likeness (QED) is 0.808. The van der Waals surface area contributed by atoms with Crippen LogP contribution >= 0.6 is 0 Å². The normalized spacial score (nSPS) is 16.8. The van der Waals surface area contributed by atoms with Crippen LogP contribution in [0, 0.1) is 11.7 Å². The van der Waals surface area contributed by atoms with E-state index in [1.54, 1.807) is 19.1 Å². The van der Waals surface area contributed by atoms with Crippen molar-refractivity contribution < 1.29 is 13.9 Å². The molecule has 0 amide bonds. The van der Waals surface area contributed by atoms with Gasteiger partial charge in [-0.1, -0.05) is 44.2 Å². The number of amidine groups is 1. The number of halogens is 1. The van der Waals surface area contributed by atoms with Crippen LogP contribution in [0.25, 0.3) is 5.70 Å². The molecule has 0 saturated carbocycles. The maximum Gasteiger partial charge on any atom is 0.338 e. The summed E-state index contributed by atoms with van der Waals surface area (Å²) in [4.78, 5) is 17.5. The minimum absolute atomic E-state index is 0.120. The van der Waals surface area contributed by atoms with Crippen LogP contribution in [0.1, 0.15) is 31.9 Å². The number of esters is 1. The minimum Gasteiger partial charge on any atom is -0.463 e. The summed E-state index contributed by atoms with van der Waals surface area (Å²) < 4.78 is 18.7. The second-order valence-electron chi connectivity index (χ2n) is 6.68. The molecular formula is C22H23FN2O2. The summed E-state index contributed by atoms with van der Waals surface area (Å²) in [6, 6.07) is 15.5. The molecule has 1 heterocycles. The van der Waals surface area contributed by atoms with Crippen LogP contribution in [0.3, 0.4) is 0 Å². The Kier molecular flexibility index (Phi) is 5.69. The van der Waals surface area contributed by atoms with Crippen molar-refractivity contribution >= 4 is 17.5 Å². The number of benzene rings is 2. The first kappa shape index (κ1) is 18.8. The fraction of sp³-hybridized carbons (Fsp3) is 0.273. The molecule has 1 aliphatic heterocycles. The number of ether oxygens (including phenoxy) is 1. The molecule has 0 fully saturated rings. The largest absolute Gasteiger partial charge is 0.463 e. The third kappa shape index (κ3) is 4.08. The fourth-order valence-corrected chi connectivity index (χ4v) is 3.08. The van der Waals surface area contributed by atoms with E-state index in [4.69, 9.17) is 9.73 Å². The summed E-state index contributed by atoms with van der Waals surface area (Å²) >= 11 is 0. The SMILES string of the molecule is CCOC(=O)C1=C(c2ccc(F)cc2)N=C(c2ccccc2)NC1C(C)C. The Morgan fingerprint density at radius 3 is 2.37 bits per heavy atom. The molecule has 4 nitrogen and oxygen atoms in total. The molecule has 1 N–H and O–H groups in total. The molecule has 1 unspecified atom stereocenters. The number of carbonyl (C=O) groups excluding carboxylic acids is 1. The molecule has 3 rings (SSSR count). The van der Waals surface area contributed by atoms with Gasteiger partial charge in [0, 0.05) is 11.1 Å². The van der Waals surface area contributed by atoms with Crippen molar-refractivity contribution in [1.82, 2.24) is 5.32 Å². The summed E-state index contributed by atoms with van der Waals surface area (Å²) in [5.74, 6) is 0.0632. The van der Waals surface area contributed by atoms with Crippen molar-refractivity contribution in [1.29, 1.82) is 0 Å². The molecule has 0 spiro atoms. The number of hydrogen-bond acceptors (Lipinski definition) is 4. The average molecular weight is 366 g/mol. The van der Waals surface area contributed by atoms with Crippen molar-refractivity contribution in [2.75, 3.05) is 6.61 Å². The summed E-state index contributed by atoms with van der Waals surface area (Å²) in [5.41, 5.74) is 2.59. The first-order chi connectivity index (χ1) is 13.0. The van der Waals surface area contributed by atoms with Crippen LogP contribution in [0.4, 0.5) is 4.39 Å². The molecule has 1 aliphatic rings. The zero-order valence-corrected chi connectivity index (χ0v) is 15.7. The van der Waals surface area contributed by atoms with Gasteiger partial charge in [-0.15, -0.1) is 0 Å². The number of nitrogens with zero attached hydrogens (tertiary/aromatic N) is 1.